The molecule has 0 fully saturated rings. The lowest BCUT2D eigenvalue weighted by atomic mass is 10.1. The number of halogens is 1. The van der Waals surface area contributed by atoms with Crippen molar-refractivity contribution in [3.8, 4) is 28.4 Å². The Balaban J connectivity index is 1.25. The standard InChI is InChI=1S/C33H27ClN4O5/c1-22-11-16-30(25-8-4-3-5-9-25)37(22)27-14-12-26(13-15-27)33(39)36-35-20-24-18-29(34)32(31(19-24)42-2)43-21-23-7-6-10-28(17-23)38(40)41/h3-20H,21H2,1-2H3,(H,36,39)/b35-20+. The summed E-state index contributed by atoms with van der Waals surface area (Å²) in [6.07, 6.45) is 1.44. The Morgan fingerprint density at radius 2 is 1.77 bits per heavy atom. The van der Waals surface area contributed by atoms with Crippen LogP contribution in [0.25, 0.3) is 16.9 Å². The number of aryl methyl sites for hydroxylation is 1. The summed E-state index contributed by atoms with van der Waals surface area (Å²) in [6.45, 7) is 2.09. The molecule has 0 spiro atoms. The van der Waals surface area contributed by atoms with Crippen molar-refractivity contribution in [3.63, 3.8) is 0 Å². The van der Waals surface area contributed by atoms with Gasteiger partial charge in [-0.15, -0.1) is 0 Å². The molecule has 43 heavy (non-hydrogen) atoms. The van der Waals surface area contributed by atoms with Gasteiger partial charge < -0.3 is 14.0 Å². The van der Waals surface area contributed by atoms with Crippen LogP contribution < -0.4 is 14.9 Å². The van der Waals surface area contributed by atoms with Crippen LogP contribution in [-0.2, 0) is 6.61 Å². The Bertz CT molecular complexity index is 1800. The third-order valence-electron chi connectivity index (χ3n) is 6.67. The number of non-ortho nitro benzene ring substituents is 1. The predicted octanol–water partition coefficient (Wildman–Crippen LogP) is 7.37. The highest BCUT2D eigenvalue weighted by molar-refractivity contribution is 6.32. The van der Waals surface area contributed by atoms with E-state index >= 15 is 0 Å². The molecule has 1 heterocycles. The van der Waals surface area contributed by atoms with Gasteiger partial charge in [-0.25, -0.2) is 5.43 Å². The molecule has 10 heteroatoms. The number of amides is 1. The fourth-order valence-corrected chi connectivity index (χ4v) is 4.85. The minimum atomic E-state index is -0.467. The lowest BCUT2D eigenvalue weighted by Gasteiger charge is -2.13. The van der Waals surface area contributed by atoms with Crippen molar-refractivity contribution in [3.05, 3.63) is 141 Å². The number of hydrogen-bond donors (Lipinski definition) is 1. The van der Waals surface area contributed by atoms with Gasteiger partial charge in [-0.3, -0.25) is 14.9 Å². The predicted molar refractivity (Wildman–Crippen MR) is 166 cm³/mol. The van der Waals surface area contributed by atoms with Crippen LogP contribution in [0.1, 0.15) is 27.2 Å². The van der Waals surface area contributed by atoms with Gasteiger partial charge in [-0.2, -0.15) is 5.10 Å². The molecule has 216 valence electrons. The average Bonchev–Trinajstić information content (AvgIpc) is 3.42. The third kappa shape index (κ3) is 6.74. The second-order valence-electron chi connectivity index (χ2n) is 9.56. The van der Waals surface area contributed by atoms with Crippen molar-refractivity contribution in [1.29, 1.82) is 0 Å². The Kier molecular flexibility index (Phi) is 8.83. The first-order chi connectivity index (χ1) is 20.8. The van der Waals surface area contributed by atoms with Crippen molar-refractivity contribution in [2.45, 2.75) is 13.5 Å². The molecular formula is C33H27ClN4O5. The van der Waals surface area contributed by atoms with E-state index in [0.29, 0.717) is 22.4 Å². The molecule has 0 unspecified atom stereocenters. The maximum absolute atomic E-state index is 12.8. The summed E-state index contributed by atoms with van der Waals surface area (Å²) in [5.74, 6) is 0.257. The van der Waals surface area contributed by atoms with Gasteiger partial charge in [0.1, 0.15) is 6.61 Å². The highest BCUT2D eigenvalue weighted by Gasteiger charge is 2.14. The molecular weight excluding hydrogens is 568 g/mol. The first-order valence-corrected chi connectivity index (χ1v) is 13.6. The normalized spacial score (nSPS) is 11.0. The Hall–Kier alpha value is -5.41. The monoisotopic (exact) mass is 594 g/mol. The third-order valence-corrected chi connectivity index (χ3v) is 6.95. The number of nitrogens with zero attached hydrogens (tertiary/aromatic N) is 3. The van der Waals surface area contributed by atoms with Gasteiger partial charge in [-0.05, 0) is 72.1 Å². The van der Waals surface area contributed by atoms with Crippen LogP contribution in [-0.4, -0.2) is 28.7 Å². The Labute approximate surface area is 253 Å². The second kappa shape index (κ2) is 13.1. The second-order valence-corrected chi connectivity index (χ2v) is 9.96. The van der Waals surface area contributed by atoms with E-state index in [1.165, 1.54) is 25.5 Å². The Morgan fingerprint density at radius 1 is 1.00 bits per heavy atom. The zero-order valence-electron chi connectivity index (χ0n) is 23.4. The van der Waals surface area contributed by atoms with E-state index in [4.69, 9.17) is 21.1 Å². The molecule has 5 rings (SSSR count). The van der Waals surface area contributed by atoms with Gasteiger partial charge in [0, 0.05) is 29.1 Å². The smallest absolute Gasteiger partial charge is 0.271 e. The zero-order chi connectivity index (χ0) is 30.3. The zero-order valence-corrected chi connectivity index (χ0v) is 24.1. The van der Waals surface area contributed by atoms with E-state index in [2.05, 4.69) is 39.4 Å². The van der Waals surface area contributed by atoms with Crippen LogP contribution in [0.5, 0.6) is 11.5 Å². The summed E-state index contributed by atoms with van der Waals surface area (Å²) in [5.41, 5.74) is 8.32. The van der Waals surface area contributed by atoms with Gasteiger partial charge >= 0.3 is 0 Å². The summed E-state index contributed by atoms with van der Waals surface area (Å²) < 4.78 is 13.4. The molecule has 1 N–H and O–H groups in total. The number of hydrazone groups is 1. The fraction of sp³-hybridized carbons (Fsp3) is 0.0909. The summed E-state index contributed by atoms with van der Waals surface area (Å²) >= 11 is 6.45. The highest BCUT2D eigenvalue weighted by Crippen LogP contribution is 2.37. The summed E-state index contributed by atoms with van der Waals surface area (Å²) in [5, 5.41) is 15.4. The number of aromatic nitrogens is 1. The fourth-order valence-electron chi connectivity index (χ4n) is 4.58. The van der Waals surface area contributed by atoms with E-state index in [1.807, 2.05) is 37.3 Å². The summed E-state index contributed by atoms with van der Waals surface area (Å²) in [7, 11) is 1.47. The number of methoxy groups -OCH3 is 1. The maximum Gasteiger partial charge on any atom is 0.271 e. The van der Waals surface area contributed by atoms with E-state index in [-0.39, 0.29) is 29.0 Å². The minimum Gasteiger partial charge on any atom is -0.493 e. The van der Waals surface area contributed by atoms with Gasteiger partial charge in [0.05, 0.1) is 29.0 Å². The van der Waals surface area contributed by atoms with Crippen LogP contribution in [0.2, 0.25) is 5.02 Å². The number of nitro groups is 1. The first kappa shape index (κ1) is 29.1. The van der Waals surface area contributed by atoms with Crippen LogP contribution in [0.3, 0.4) is 0 Å². The number of nitrogens with one attached hydrogen (secondary N) is 1. The largest absolute Gasteiger partial charge is 0.493 e. The van der Waals surface area contributed by atoms with Crippen LogP contribution >= 0.6 is 11.6 Å². The van der Waals surface area contributed by atoms with E-state index in [1.54, 1.807) is 36.4 Å². The van der Waals surface area contributed by atoms with E-state index in [0.717, 1.165) is 22.6 Å². The molecule has 0 aliphatic carbocycles. The van der Waals surface area contributed by atoms with Crippen molar-refractivity contribution >= 4 is 29.4 Å². The number of ether oxygens (including phenoxy) is 2. The molecule has 0 saturated heterocycles. The van der Waals surface area contributed by atoms with E-state index in [9.17, 15) is 14.9 Å². The molecule has 0 bridgehead atoms. The lowest BCUT2D eigenvalue weighted by Crippen LogP contribution is -2.17. The molecule has 1 amide bonds. The number of nitro benzene ring substituents is 1. The van der Waals surface area contributed by atoms with Gasteiger partial charge in [-0.1, -0.05) is 54.1 Å². The molecule has 0 radical (unpaired) electrons. The van der Waals surface area contributed by atoms with Crippen LogP contribution in [0.15, 0.2) is 108 Å². The number of carbonyl (C=O) groups is 1. The minimum absolute atomic E-state index is 0.0306. The van der Waals surface area contributed by atoms with Crippen molar-refractivity contribution in [2.75, 3.05) is 7.11 Å². The first-order valence-electron chi connectivity index (χ1n) is 13.3. The van der Waals surface area contributed by atoms with Crippen LogP contribution in [0, 0.1) is 17.0 Å². The van der Waals surface area contributed by atoms with Gasteiger partial charge in [0.2, 0.25) is 0 Å². The molecule has 0 aliphatic heterocycles. The average molecular weight is 595 g/mol. The molecule has 5 aromatic rings. The molecule has 0 aliphatic rings. The number of rotatable bonds is 10. The Morgan fingerprint density at radius 3 is 2.49 bits per heavy atom. The van der Waals surface area contributed by atoms with Crippen molar-refractivity contribution in [1.82, 2.24) is 9.99 Å². The van der Waals surface area contributed by atoms with Gasteiger partial charge in [0.15, 0.2) is 11.5 Å². The SMILES string of the molecule is COc1cc(/C=N/NC(=O)c2ccc(-n3c(C)ccc3-c3ccccc3)cc2)cc(Cl)c1OCc1cccc([N+](=O)[O-])c1. The number of benzene rings is 4. The summed E-state index contributed by atoms with van der Waals surface area (Å²) in [6, 6.07) is 31.0. The van der Waals surface area contributed by atoms with Crippen molar-refractivity contribution < 1.29 is 19.2 Å². The summed E-state index contributed by atoms with van der Waals surface area (Å²) in [4.78, 5) is 23.3. The lowest BCUT2D eigenvalue weighted by molar-refractivity contribution is -0.384. The van der Waals surface area contributed by atoms with Gasteiger partial charge in [0.25, 0.3) is 11.6 Å². The topological polar surface area (TPSA) is 108 Å². The molecule has 9 nitrogen and oxygen atoms in total. The maximum atomic E-state index is 12.8. The molecule has 4 aromatic carbocycles. The molecule has 1 aromatic heterocycles. The van der Waals surface area contributed by atoms with Crippen molar-refractivity contribution in [2.24, 2.45) is 5.10 Å². The van der Waals surface area contributed by atoms with Crippen LogP contribution in [0.4, 0.5) is 5.69 Å². The molecule has 0 atom stereocenters. The quantitative estimate of drug-likeness (QED) is 0.103. The molecule has 0 saturated carbocycles. The highest BCUT2D eigenvalue weighted by atomic mass is 35.5. The van der Waals surface area contributed by atoms with E-state index < -0.39 is 4.92 Å². The number of hydrogen-bond acceptors (Lipinski definition) is 6. The number of carbonyl (C=O) groups excluding carboxylic acids is 1.